The monoisotopic (exact) mass is 633 g/mol. The predicted octanol–water partition coefficient (Wildman–Crippen LogP) is 4.44. The van der Waals surface area contributed by atoms with Crippen LogP contribution in [0.1, 0.15) is 25.0 Å². The molecule has 0 aliphatic carbocycles. The van der Waals surface area contributed by atoms with Gasteiger partial charge in [-0.25, -0.2) is 0 Å². The first kappa shape index (κ1) is 36.5. The molecule has 0 radical (unpaired) electrons. The second-order valence-electron chi connectivity index (χ2n) is 9.56. The van der Waals surface area contributed by atoms with Crippen molar-refractivity contribution in [2.45, 2.75) is 35.8 Å². The summed E-state index contributed by atoms with van der Waals surface area (Å²) >= 11 is 1.80. The molecule has 1 amide bonds. The maximum Gasteiger partial charge on any atom is 0.297 e. The third-order valence-electron chi connectivity index (χ3n) is 5.66. The highest BCUT2D eigenvalue weighted by Gasteiger charge is 2.14. The number of ether oxygens (including phenoxy) is 4. The smallest absolute Gasteiger partial charge is 0.297 e. The molecule has 2 rings (SSSR count). The summed E-state index contributed by atoms with van der Waals surface area (Å²) in [6.45, 7) is 8.69. The number of rotatable bonds is 22. The quantitative estimate of drug-likeness (QED) is 0.0806. The number of carbonyl (C=O) groups is 1. The molecule has 0 bridgehead atoms. The van der Waals surface area contributed by atoms with Crippen LogP contribution in [-0.2, 0) is 38.0 Å². The lowest BCUT2D eigenvalue weighted by atomic mass is 10.2. The van der Waals surface area contributed by atoms with E-state index in [1.807, 2.05) is 31.2 Å². The van der Waals surface area contributed by atoms with E-state index in [0.29, 0.717) is 44.8 Å². The minimum absolute atomic E-state index is 0.0781. The van der Waals surface area contributed by atoms with Crippen molar-refractivity contribution in [1.82, 2.24) is 4.90 Å². The Labute approximate surface area is 261 Å². The van der Waals surface area contributed by atoms with Gasteiger partial charge in [-0.2, -0.15) is 8.42 Å². The Morgan fingerprint density at radius 1 is 0.907 bits per heavy atom. The molecule has 0 N–H and O–H groups in total. The zero-order valence-electron chi connectivity index (χ0n) is 25.2. The molecular weight excluding hydrogens is 590 g/mol. The van der Waals surface area contributed by atoms with E-state index in [9.17, 15) is 13.2 Å². The molecule has 0 saturated carbocycles. The van der Waals surface area contributed by atoms with Gasteiger partial charge in [0.05, 0.1) is 64.3 Å². The third kappa shape index (κ3) is 15.6. The van der Waals surface area contributed by atoms with E-state index in [1.165, 1.54) is 17.0 Å². The normalized spacial score (nSPS) is 11.7. The number of benzene rings is 2. The molecular formula is C32H43NO8S2. The zero-order chi connectivity index (χ0) is 31.3. The van der Waals surface area contributed by atoms with Crippen LogP contribution in [0, 0.1) is 19.3 Å². The molecule has 0 aliphatic heterocycles. The van der Waals surface area contributed by atoms with Crippen LogP contribution in [0.4, 0.5) is 0 Å². The molecule has 9 nitrogen and oxygen atoms in total. The summed E-state index contributed by atoms with van der Waals surface area (Å²) in [6, 6.07) is 14.6. The first-order chi connectivity index (χ1) is 20.7. The molecule has 0 atom stereocenters. The summed E-state index contributed by atoms with van der Waals surface area (Å²) in [5.74, 6) is 2.35. The lowest BCUT2D eigenvalue weighted by molar-refractivity contribution is -0.135. The van der Waals surface area contributed by atoms with Gasteiger partial charge < -0.3 is 23.8 Å². The average Bonchev–Trinajstić information content (AvgIpc) is 2.97. The van der Waals surface area contributed by atoms with Crippen LogP contribution in [0.3, 0.4) is 0 Å². The van der Waals surface area contributed by atoms with Crippen LogP contribution in [0.15, 0.2) is 64.4 Å². The molecule has 2 aromatic rings. The van der Waals surface area contributed by atoms with Gasteiger partial charge in [0.1, 0.15) is 6.61 Å². The molecule has 0 heterocycles. The molecule has 0 aliphatic rings. The zero-order valence-corrected chi connectivity index (χ0v) is 26.9. The summed E-state index contributed by atoms with van der Waals surface area (Å²) in [4.78, 5) is 15.5. The van der Waals surface area contributed by atoms with Crippen LogP contribution in [0.5, 0.6) is 0 Å². The molecule has 0 spiro atoms. The Bertz CT molecular complexity index is 1260. The Morgan fingerprint density at radius 3 is 2.09 bits per heavy atom. The van der Waals surface area contributed by atoms with Crippen LogP contribution in [0.25, 0.3) is 6.08 Å². The highest BCUT2D eigenvalue weighted by Crippen LogP contribution is 2.27. The summed E-state index contributed by atoms with van der Waals surface area (Å²) in [6.07, 6.45) is 9.42. The Balaban J connectivity index is 1.49. The molecule has 11 heteroatoms. The largest absolute Gasteiger partial charge is 0.377 e. The lowest BCUT2D eigenvalue weighted by Gasteiger charge is -2.18. The second kappa shape index (κ2) is 21.1. The molecule has 2 aromatic carbocycles. The van der Waals surface area contributed by atoms with Crippen molar-refractivity contribution >= 4 is 33.9 Å². The number of carbonyl (C=O) groups excluding carboxylic acids is 1. The number of terminal acetylenes is 1. The number of hydrogen-bond acceptors (Lipinski definition) is 9. The maximum atomic E-state index is 12.6. The van der Waals surface area contributed by atoms with Crippen molar-refractivity contribution in [3.8, 4) is 12.3 Å². The van der Waals surface area contributed by atoms with Crippen molar-refractivity contribution in [2.75, 3.05) is 72.6 Å². The fourth-order valence-corrected chi connectivity index (χ4v) is 5.37. The van der Waals surface area contributed by atoms with Gasteiger partial charge in [0.25, 0.3) is 10.1 Å². The van der Waals surface area contributed by atoms with Crippen LogP contribution >= 0.6 is 11.8 Å². The van der Waals surface area contributed by atoms with Gasteiger partial charge >= 0.3 is 0 Å². The predicted molar refractivity (Wildman–Crippen MR) is 169 cm³/mol. The van der Waals surface area contributed by atoms with E-state index in [2.05, 4.69) is 31.9 Å². The highest BCUT2D eigenvalue weighted by molar-refractivity contribution is 8.00. The standard InChI is InChI=1S/C32H43NO8S2/c1-5-16-33(17-8-10-29-9-6-7-11-31(29)42-27(2)3)32(34)26-40-23-22-38-19-18-37-20-21-39-24-25-41-43(35,36)30-14-12-28(4)13-15-30/h1,6-15,27H,16-26H2,2-4H3/b10-8+. The van der Waals surface area contributed by atoms with Gasteiger partial charge in [-0.1, -0.05) is 67.8 Å². The molecule has 0 aromatic heterocycles. The number of nitrogens with zero attached hydrogens (tertiary/aromatic N) is 1. The van der Waals surface area contributed by atoms with Crippen molar-refractivity contribution < 1.29 is 36.3 Å². The van der Waals surface area contributed by atoms with Gasteiger partial charge in [-0.05, 0) is 30.7 Å². The summed E-state index contributed by atoms with van der Waals surface area (Å²) in [5.41, 5.74) is 2.07. The van der Waals surface area contributed by atoms with E-state index < -0.39 is 10.1 Å². The second-order valence-corrected chi connectivity index (χ2v) is 12.8. The van der Waals surface area contributed by atoms with E-state index in [1.54, 1.807) is 28.8 Å². The maximum absolute atomic E-state index is 12.6. The minimum Gasteiger partial charge on any atom is -0.377 e. The average molecular weight is 634 g/mol. The van der Waals surface area contributed by atoms with Crippen molar-refractivity contribution in [2.24, 2.45) is 0 Å². The summed E-state index contributed by atoms with van der Waals surface area (Å²) < 4.78 is 50.9. The van der Waals surface area contributed by atoms with E-state index in [0.717, 1.165) is 11.1 Å². The number of thioether (sulfide) groups is 1. The molecule has 43 heavy (non-hydrogen) atoms. The third-order valence-corrected chi connectivity index (χ3v) is 8.08. The van der Waals surface area contributed by atoms with Crippen molar-refractivity contribution in [3.63, 3.8) is 0 Å². The number of aryl methyl sites for hydroxylation is 1. The van der Waals surface area contributed by atoms with Gasteiger partial charge in [-0.15, -0.1) is 18.2 Å². The van der Waals surface area contributed by atoms with E-state index in [-0.39, 0.29) is 43.8 Å². The van der Waals surface area contributed by atoms with Crippen molar-refractivity contribution in [1.29, 1.82) is 0 Å². The topological polar surface area (TPSA) is 101 Å². The number of amides is 1. The van der Waals surface area contributed by atoms with Gasteiger partial charge in [0.2, 0.25) is 5.91 Å². The summed E-state index contributed by atoms with van der Waals surface area (Å²) in [7, 11) is -3.79. The van der Waals surface area contributed by atoms with E-state index in [4.69, 9.17) is 29.6 Å². The Kier molecular flexibility index (Phi) is 17.9. The first-order valence-electron chi connectivity index (χ1n) is 14.1. The van der Waals surface area contributed by atoms with Crippen LogP contribution in [-0.4, -0.2) is 97.0 Å². The number of hydrogen-bond donors (Lipinski definition) is 0. The molecule has 0 fully saturated rings. The fourth-order valence-electron chi connectivity index (χ4n) is 3.54. The van der Waals surface area contributed by atoms with Crippen LogP contribution in [0.2, 0.25) is 0 Å². The Hall–Kier alpha value is -2.69. The van der Waals surface area contributed by atoms with Gasteiger partial charge in [0.15, 0.2) is 0 Å². The molecule has 236 valence electrons. The summed E-state index contributed by atoms with van der Waals surface area (Å²) in [5, 5.41) is 0.472. The van der Waals surface area contributed by atoms with Gasteiger partial charge in [0, 0.05) is 16.7 Å². The molecule has 0 saturated heterocycles. The highest BCUT2D eigenvalue weighted by atomic mass is 32.2. The van der Waals surface area contributed by atoms with Crippen LogP contribution < -0.4 is 0 Å². The van der Waals surface area contributed by atoms with Gasteiger partial charge in [-0.3, -0.25) is 8.98 Å². The SMILES string of the molecule is C#CCN(C/C=C/c1ccccc1SC(C)C)C(=O)COCCOCCOCCOCCOS(=O)(=O)c1ccc(C)cc1. The first-order valence-corrected chi connectivity index (χ1v) is 16.4. The molecule has 0 unspecified atom stereocenters. The lowest BCUT2D eigenvalue weighted by Crippen LogP contribution is -2.34. The fraction of sp³-hybridized carbons (Fsp3) is 0.469. The van der Waals surface area contributed by atoms with Crippen molar-refractivity contribution in [3.05, 3.63) is 65.7 Å². The van der Waals surface area contributed by atoms with E-state index >= 15 is 0 Å². The Morgan fingerprint density at radius 2 is 1.49 bits per heavy atom. The minimum atomic E-state index is -3.79.